The summed E-state index contributed by atoms with van der Waals surface area (Å²) < 4.78 is 47.1. The second kappa shape index (κ2) is 7.85. The number of nitrogens with zero attached hydrogens (tertiary/aromatic N) is 4. The fraction of sp³-hybridized carbons (Fsp3) is 0.350. The fourth-order valence-corrected chi connectivity index (χ4v) is 3.74. The number of nitrogens with one attached hydrogen (secondary N) is 1. The van der Waals surface area contributed by atoms with Gasteiger partial charge in [0.25, 0.3) is 0 Å². The van der Waals surface area contributed by atoms with Gasteiger partial charge in [-0.1, -0.05) is 12.1 Å². The minimum Gasteiger partial charge on any atom is -0.495 e. The molecule has 7 nitrogen and oxygen atoms in total. The predicted octanol–water partition coefficient (Wildman–Crippen LogP) is 4.33. The molecule has 0 unspecified atom stereocenters. The van der Waals surface area contributed by atoms with Crippen LogP contribution in [0.5, 0.6) is 5.75 Å². The lowest BCUT2D eigenvalue weighted by Gasteiger charge is -2.33. The van der Waals surface area contributed by atoms with E-state index in [4.69, 9.17) is 4.74 Å². The number of fused-ring (bicyclic) bond motifs is 1. The molecule has 1 saturated heterocycles. The van der Waals surface area contributed by atoms with Crippen molar-refractivity contribution in [1.29, 1.82) is 0 Å². The van der Waals surface area contributed by atoms with Gasteiger partial charge in [0.15, 0.2) is 5.65 Å². The number of para-hydroxylation sites is 2. The van der Waals surface area contributed by atoms with Gasteiger partial charge in [-0.25, -0.2) is 14.8 Å². The topological polar surface area (TPSA) is 72.3 Å². The molecule has 30 heavy (non-hydrogen) atoms. The van der Waals surface area contributed by atoms with Crippen LogP contribution >= 0.6 is 0 Å². The number of halogens is 3. The third-order valence-electron chi connectivity index (χ3n) is 5.17. The van der Waals surface area contributed by atoms with Crippen molar-refractivity contribution in [3.63, 3.8) is 0 Å². The largest absolute Gasteiger partial charge is 0.495 e. The lowest BCUT2D eigenvalue weighted by Crippen LogP contribution is -2.42. The molecule has 0 radical (unpaired) electrons. The van der Waals surface area contributed by atoms with Crippen molar-refractivity contribution in [2.45, 2.75) is 25.1 Å². The van der Waals surface area contributed by atoms with Crippen LogP contribution in [-0.4, -0.2) is 45.7 Å². The van der Waals surface area contributed by atoms with Gasteiger partial charge in [0, 0.05) is 25.3 Å². The molecule has 0 atom stereocenters. The van der Waals surface area contributed by atoms with Crippen LogP contribution in [0.2, 0.25) is 0 Å². The van der Waals surface area contributed by atoms with E-state index in [1.54, 1.807) is 35.2 Å². The zero-order chi connectivity index (χ0) is 21.3. The Bertz CT molecular complexity index is 1060. The maximum atomic E-state index is 13.6. The minimum atomic E-state index is -4.58. The highest BCUT2D eigenvalue weighted by Crippen LogP contribution is 2.36. The number of piperidine rings is 1. The monoisotopic (exact) mass is 419 g/mol. The van der Waals surface area contributed by atoms with Gasteiger partial charge >= 0.3 is 12.2 Å². The molecule has 10 heteroatoms. The number of urea groups is 1. The maximum Gasteiger partial charge on any atom is 0.449 e. The van der Waals surface area contributed by atoms with E-state index in [0.29, 0.717) is 37.4 Å². The van der Waals surface area contributed by atoms with Crippen molar-refractivity contribution in [3.8, 4) is 5.75 Å². The van der Waals surface area contributed by atoms with Crippen LogP contribution in [-0.2, 0) is 6.18 Å². The Hall–Kier alpha value is -3.30. The van der Waals surface area contributed by atoms with Crippen molar-refractivity contribution in [1.82, 2.24) is 19.4 Å². The molecule has 3 aromatic rings. The first kappa shape index (κ1) is 20.0. The summed E-state index contributed by atoms with van der Waals surface area (Å²) in [5, 5.41) is 2.80. The van der Waals surface area contributed by atoms with Crippen LogP contribution in [0.1, 0.15) is 24.7 Å². The Morgan fingerprint density at radius 1 is 1.17 bits per heavy atom. The number of carbonyl (C=O) groups is 1. The Morgan fingerprint density at radius 3 is 2.60 bits per heavy atom. The van der Waals surface area contributed by atoms with Crippen molar-refractivity contribution in [2.24, 2.45) is 0 Å². The van der Waals surface area contributed by atoms with Gasteiger partial charge in [-0.05, 0) is 37.1 Å². The van der Waals surface area contributed by atoms with E-state index in [2.05, 4.69) is 15.3 Å². The van der Waals surface area contributed by atoms with Crippen LogP contribution in [0.25, 0.3) is 11.2 Å². The molecule has 0 saturated carbocycles. The average Bonchev–Trinajstić information content (AvgIpc) is 3.14. The highest BCUT2D eigenvalue weighted by atomic mass is 19.4. The van der Waals surface area contributed by atoms with Gasteiger partial charge in [-0.15, -0.1) is 0 Å². The molecule has 2 aromatic heterocycles. The summed E-state index contributed by atoms with van der Waals surface area (Å²) in [5.41, 5.74) is 0.958. The van der Waals surface area contributed by atoms with Gasteiger partial charge in [0.1, 0.15) is 11.3 Å². The van der Waals surface area contributed by atoms with Gasteiger partial charge in [0.2, 0.25) is 5.82 Å². The van der Waals surface area contributed by atoms with Crippen LogP contribution < -0.4 is 10.1 Å². The molecule has 1 aliphatic heterocycles. The van der Waals surface area contributed by atoms with E-state index in [1.807, 2.05) is 0 Å². The SMILES string of the molecule is COc1ccccc1NC(=O)N1CCC(n2c(C(F)(F)F)nc3cccnc32)CC1. The Morgan fingerprint density at radius 2 is 1.90 bits per heavy atom. The number of likely N-dealkylation sites (tertiary alicyclic amines) is 1. The Kier molecular flexibility index (Phi) is 5.23. The molecule has 2 amide bonds. The summed E-state index contributed by atoms with van der Waals surface area (Å²) in [4.78, 5) is 22.1. The normalized spacial score (nSPS) is 15.4. The summed E-state index contributed by atoms with van der Waals surface area (Å²) >= 11 is 0. The predicted molar refractivity (Wildman–Crippen MR) is 104 cm³/mol. The minimum absolute atomic E-state index is 0.209. The van der Waals surface area contributed by atoms with Gasteiger partial charge in [-0.3, -0.25) is 0 Å². The molecule has 0 aliphatic carbocycles. The van der Waals surface area contributed by atoms with Gasteiger partial charge in [-0.2, -0.15) is 13.2 Å². The number of aromatic nitrogens is 3. The van der Waals surface area contributed by atoms with E-state index in [9.17, 15) is 18.0 Å². The summed E-state index contributed by atoms with van der Waals surface area (Å²) in [7, 11) is 1.51. The number of imidazole rings is 1. The number of amides is 2. The van der Waals surface area contributed by atoms with E-state index in [-0.39, 0.29) is 17.2 Å². The Balaban J connectivity index is 1.51. The van der Waals surface area contributed by atoms with E-state index in [0.717, 1.165) is 0 Å². The molecule has 1 fully saturated rings. The quantitative estimate of drug-likeness (QED) is 0.686. The van der Waals surface area contributed by atoms with Crippen molar-refractivity contribution < 1.29 is 22.7 Å². The number of hydrogen-bond acceptors (Lipinski definition) is 4. The standard InChI is InChI=1S/C20H20F3N5O2/c1-30-16-7-3-2-5-14(16)26-19(29)27-11-8-13(9-12-27)28-17-15(6-4-10-24-17)25-18(28)20(21,22)23/h2-7,10,13H,8-9,11-12H2,1H3,(H,26,29). The third-order valence-corrected chi connectivity index (χ3v) is 5.17. The van der Waals surface area contributed by atoms with Crippen LogP contribution in [0.4, 0.5) is 23.7 Å². The lowest BCUT2D eigenvalue weighted by atomic mass is 10.0. The second-order valence-corrected chi connectivity index (χ2v) is 7.00. The van der Waals surface area contributed by atoms with E-state index < -0.39 is 18.0 Å². The number of carbonyl (C=O) groups excluding carboxylic acids is 1. The molecule has 0 bridgehead atoms. The molecule has 4 rings (SSSR count). The van der Waals surface area contributed by atoms with Crippen molar-refractivity contribution in [3.05, 3.63) is 48.4 Å². The van der Waals surface area contributed by atoms with Gasteiger partial charge in [0.05, 0.1) is 12.8 Å². The zero-order valence-corrected chi connectivity index (χ0v) is 16.2. The molecule has 1 aromatic carbocycles. The number of ether oxygens (including phenoxy) is 1. The van der Waals surface area contributed by atoms with E-state index >= 15 is 0 Å². The maximum absolute atomic E-state index is 13.6. The fourth-order valence-electron chi connectivity index (χ4n) is 3.74. The highest BCUT2D eigenvalue weighted by Gasteiger charge is 2.40. The number of anilines is 1. The second-order valence-electron chi connectivity index (χ2n) is 7.00. The number of methoxy groups -OCH3 is 1. The zero-order valence-electron chi connectivity index (χ0n) is 16.2. The number of hydrogen-bond donors (Lipinski definition) is 1. The molecule has 1 aliphatic rings. The Labute approximate surface area is 170 Å². The third kappa shape index (κ3) is 3.77. The molecule has 3 heterocycles. The molecule has 158 valence electrons. The molecule has 1 N–H and O–H groups in total. The first-order valence-electron chi connectivity index (χ1n) is 9.47. The first-order chi connectivity index (χ1) is 14.4. The lowest BCUT2D eigenvalue weighted by molar-refractivity contribution is -0.147. The molecule has 0 spiro atoms. The van der Waals surface area contributed by atoms with Crippen LogP contribution in [0.15, 0.2) is 42.6 Å². The summed E-state index contributed by atoms with van der Waals surface area (Å²) in [6, 6.07) is 9.34. The number of rotatable bonds is 3. The average molecular weight is 419 g/mol. The number of alkyl halides is 3. The van der Waals surface area contributed by atoms with Crippen molar-refractivity contribution >= 4 is 22.9 Å². The number of pyridine rings is 1. The highest BCUT2D eigenvalue weighted by molar-refractivity contribution is 5.91. The van der Waals surface area contributed by atoms with Crippen LogP contribution in [0, 0.1) is 0 Å². The molecular weight excluding hydrogens is 399 g/mol. The smallest absolute Gasteiger partial charge is 0.449 e. The van der Waals surface area contributed by atoms with E-state index in [1.165, 1.54) is 23.9 Å². The summed E-state index contributed by atoms with van der Waals surface area (Å²) in [5.74, 6) is -0.417. The summed E-state index contributed by atoms with van der Waals surface area (Å²) in [6.45, 7) is 0.630. The van der Waals surface area contributed by atoms with Crippen LogP contribution in [0.3, 0.4) is 0 Å². The summed E-state index contributed by atoms with van der Waals surface area (Å²) in [6.07, 6.45) is -2.40. The first-order valence-corrected chi connectivity index (χ1v) is 9.47. The molecular formula is C20H20F3N5O2. The van der Waals surface area contributed by atoms with Crippen molar-refractivity contribution in [2.75, 3.05) is 25.5 Å². The number of benzene rings is 1. The van der Waals surface area contributed by atoms with Gasteiger partial charge < -0.3 is 19.5 Å².